The van der Waals surface area contributed by atoms with Crippen LogP contribution in [-0.2, 0) is 22.4 Å². The van der Waals surface area contributed by atoms with Gasteiger partial charge in [0.25, 0.3) is 0 Å². The highest BCUT2D eigenvalue weighted by Crippen LogP contribution is 2.39. The lowest BCUT2D eigenvalue weighted by Gasteiger charge is -2.32. The molecule has 9 heteroatoms. The Morgan fingerprint density at radius 2 is 2.14 bits per heavy atom. The summed E-state index contributed by atoms with van der Waals surface area (Å²) in [5, 5.41) is 16.1. The minimum atomic E-state index is -1.00. The number of carboxylic acid groups (broad SMARTS) is 1. The molecule has 36 heavy (non-hydrogen) atoms. The van der Waals surface area contributed by atoms with E-state index < -0.39 is 11.9 Å². The first-order chi connectivity index (χ1) is 17.6. The van der Waals surface area contributed by atoms with Gasteiger partial charge in [0.1, 0.15) is 11.7 Å². The van der Waals surface area contributed by atoms with E-state index in [9.17, 15) is 14.7 Å². The molecular weight excluding hydrogens is 460 g/mol. The number of hydrogen-bond donors (Lipinski definition) is 3. The van der Waals surface area contributed by atoms with Crippen molar-refractivity contribution in [2.75, 3.05) is 44.8 Å². The Balaban J connectivity index is 1.11. The number of fused-ring (bicyclic) bond motifs is 2. The second-order valence-corrected chi connectivity index (χ2v) is 9.80. The molecule has 3 aliphatic rings. The van der Waals surface area contributed by atoms with E-state index in [4.69, 9.17) is 14.5 Å². The Morgan fingerprint density at radius 1 is 1.22 bits per heavy atom. The molecule has 1 amide bonds. The number of rotatable bonds is 9. The second kappa shape index (κ2) is 11.2. The number of piperidine rings is 1. The number of para-hydroxylation sites is 1. The summed E-state index contributed by atoms with van der Waals surface area (Å²) in [6, 6.07) is 9.54. The molecule has 1 aromatic carbocycles. The zero-order valence-corrected chi connectivity index (χ0v) is 20.5. The number of ether oxygens (including phenoxy) is 2. The van der Waals surface area contributed by atoms with Gasteiger partial charge in [-0.1, -0.05) is 18.2 Å². The van der Waals surface area contributed by atoms with Crippen LogP contribution >= 0.6 is 0 Å². The fourth-order valence-electron chi connectivity index (χ4n) is 5.37. The van der Waals surface area contributed by atoms with Crippen molar-refractivity contribution in [2.45, 2.75) is 44.4 Å². The van der Waals surface area contributed by atoms with Crippen LogP contribution in [0.3, 0.4) is 0 Å². The van der Waals surface area contributed by atoms with Gasteiger partial charge in [-0.3, -0.25) is 9.59 Å². The van der Waals surface area contributed by atoms with E-state index in [1.54, 1.807) is 18.2 Å². The molecule has 0 saturated carbocycles. The van der Waals surface area contributed by atoms with Gasteiger partial charge in [0, 0.05) is 30.9 Å². The van der Waals surface area contributed by atoms with E-state index in [2.05, 4.69) is 27.7 Å². The molecule has 0 aliphatic carbocycles. The molecule has 0 bridgehead atoms. The Morgan fingerprint density at radius 3 is 3.03 bits per heavy atom. The first kappa shape index (κ1) is 24.4. The SMILES string of the molecule is O=C(O)C(CNC(=O)[C@@H]1CCCN(CCCc2ccc3c(n2)NCCC3)C1)c1cccc2c1OCO2. The topological polar surface area (TPSA) is 113 Å². The molecule has 5 rings (SSSR count). The lowest BCUT2D eigenvalue weighted by atomic mass is 9.95. The van der Waals surface area contributed by atoms with Gasteiger partial charge in [-0.15, -0.1) is 0 Å². The monoisotopic (exact) mass is 494 g/mol. The lowest BCUT2D eigenvalue weighted by molar-refractivity contribution is -0.138. The second-order valence-electron chi connectivity index (χ2n) is 9.80. The number of aryl methyl sites for hydroxylation is 2. The standard InChI is InChI=1S/C27H34N4O5/c32-26(29-15-22(27(33)34)21-8-1-9-23-24(21)36-17-35-23)19-6-3-13-31(16-19)14-4-7-20-11-10-18-5-2-12-28-25(18)30-20/h1,8-11,19,22H,2-7,12-17H2,(H,28,30)(H,29,32)(H,33,34)/t19-,22?/m1/s1. The van der Waals surface area contributed by atoms with Crippen molar-refractivity contribution in [2.24, 2.45) is 5.92 Å². The number of aliphatic carboxylic acids is 1. The summed E-state index contributed by atoms with van der Waals surface area (Å²) in [5.41, 5.74) is 2.93. The van der Waals surface area contributed by atoms with Gasteiger partial charge in [-0.2, -0.15) is 0 Å². The third-order valence-corrected chi connectivity index (χ3v) is 7.32. The number of nitrogens with one attached hydrogen (secondary N) is 2. The summed E-state index contributed by atoms with van der Waals surface area (Å²) < 4.78 is 10.9. The maximum atomic E-state index is 13.0. The van der Waals surface area contributed by atoms with Gasteiger partial charge in [0.2, 0.25) is 12.7 Å². The molecule has 4 heterocycles. The molecule has 1 aromatic heterocycles. The number of anilines is 1. The van der Waals surface area contributed by atoms with Crippen molar-refractivity contribution >= 4 is 17.7 Å². The van der Waals surface area contributed by atoms with Crippen LogP contribution in [0.5, 0.6) is 11.5 Å². The van der Waals surface area contributed by atoms with Crippen LogP contribution in [0.15, 0.2) is 30.3 Å². The summed E-state index contributed by atoms with van der Waals surface area (Å²) >= 11 is 0. The Kier molecular flexibility index (Phi) is 7.55. The number of hydrogen-bond acceptors (Lipinski definition) is 7. The van der Waals surface area contributed by atoms with E-state index >= 15 is 0 Å². The predicted octanol–water partition coefficient (Wildman–Crippen LogP) is 2.80. The van der Waals surface area contributed by atoms with Crippen molar-refractivity contribution < 1.29 is 24.2 Å². The fourth-order valence-corrected chi connectivity index (χ4v) is 5.37. The number of likely N-dealkylation sites (tertiary alicyclic amines) is 1. The van der Waals surface area contributed by atoms with Crippen molar-refractivity contribution in [1.82, 2.24) is 15.2 Å². The fraction of sp³-hybridized carbons (Fsp3) is 0.519. The summed E-state index contributed by atoms with van der Waals surface area (Å²) in [4.78, 5) is 32.1. The molecule has 9 nitrogen and oxygen atoms in total. The minimum absolute atomic E-state index is 0.0164. The van der Waals surface area contributed by atoms with Crippen molar-refractivity contribution in [3.8, 4) is 11.5 Å². The molecule has 3 aliphatic heterocycles. The van der Waals surface area contributed by atoms with Crippen molar-refractivity contribution in [3.63, 3.8) is 0 Å². The van der Waals surface area contributed by atoms with Gasteiger partial charge >= 0.3 is 5.97 Å². The molecule has 0 radical (unpaired) electrons. The average molecular weight is 495 g/mol. The van der Waals surface area contributed by atoms with Crippen LogP contribution in [0.25, 0.3) is 0 Å². The highest BCUT2D eigenvalue weighted by atomic mass is 16.7. The minimum Gasteiger partial charge on any atom is -0.481 e. The molecule has 2 aromatic rings. The van der Waals surface area contributed by atoms with Crippen LogP contribution in [0.4, 0.5) is 5.82 Å². The first-order valence-corrected chi connectivity index (χ1v) is 12.9. The summed E-state index contributed by atoms with van der Waals surface area (Å²) in [7, 11) is 0. The summed E-state index contributed by atoms with van der Waals surface area (Å²) in [6.45, 7) is 3.67. The Labute approximate surface area is 211 Å². The van der Waals surface area contributed by atoms with Gasteiger partial charge in [-0.25, -0.2) is 4.98 Å². The van der Waals surface area contributed by atoms with Crippen molar-refractivity contribution in [1.29, 1.82) is 0 Å². The van der Waals surface area contributed by atoms with Crippen molar-refractivity contribution in [3.05, 3.63) is 47.2 Å². The summed E-state index contributed by atoms with van der Waals surface area (Å²) in [6.07, 6.45) is 5.93. The zero-order chi connectivity index (χ0) is 24.9. The average Bonchev–Trinajstić information content (AvgIpc) is 3.38. The van der Waals surface area contributed by atoms with Gasteiger partial charge in [0.05, 0.1) is 5.92 Å². The van der Waals surface area contributed by atoms with E-state index in [1.165, 1.54) is 5.56 Å². The number of pyridine rings is 1. The maximum Gasteiger partial charge on any atom is 0.312 e. The molecule has 0 spiro atoms. The third kappa shape index (κ3) is 5.56. The molecule has 1 saturated heterocycles. The van der Waals surface area contributed by atoms with E-state index in [0.717, 1.165) is 69.7 Å². The third-order valence-electron chi connectivity index (χ3n) is 7.32. The molecule has 2 atom stereocenters. The highest BCUT2D eigenvalue weighted by Gasteiger charge is 2.30. The number of carbonyl (C=O) groups excluding carboxylic acids is 1. The Bertz CT molecular complexity index is 1110. The number of carboxylic acids is 1. The first-order valence-electron chi connectivity index (χ1n) is 12.9. The van der Waals surface area contributed by atoms with Crippen LogP contribution in [0.2, 0.25) is 0 Å². The smallest absolute Gasteiger partial charge is 0.312 e. The molecule has 3 N–H and O–H groups in total. The van der Waals surface area contributed by atoms with Gasteiger partial charge in [0.15, 0.2) is 11.5 Å². The van der Waals surface area contributed by atoms with Crippen LogP contribution in [0, 0.1) is 5.92 Å². The van der Waals surface area contributed by atoms with E-state index in [1.807, 2.05) is 0 Å². The van der Waals surface area contributed by atoms with Gasteiger partial charge in [-0.05, 0) is 69.3 Å². The van der Waals surface area contributed by atoms with Gasteiger partial charge < -0.3 is 30.1 Å². The molecule has 192 valence electrons. The largest absolute Gasteiger partial charge is 0.481 e. The number of nitrogens with zero attached hydrogens (tertiary/aromatic N) is 2. The lowest BCUT2D eigenvalue weighted by Crippen LogP contribution is -2.44. The quantitative estimate of drug-likeness (QED) is 0.488. The number of benzene rings is 1. The zero-order valence-electron chi connectivity index (χ0n) is 20.5. The molecule has 1 unspecified atom stereocenters. The van der Waals surface area contributed by atoms with Crippen LogP contribution in [-0.4, -0.2) is 66.4 Å². The molecular formula is C27H34N4O5. The highest BCUT2D eigenvalue weighted by molar-refractivity contribution is 5.82. The predicted molar refractivity (Wildman–Crippen MR) is 134 cm³/mol. The van der Waals surface area contributed by atoms with E-state index in [-0.39, 0.29) is 25.2 Å². The number of aromatic nitrogens is 1. The molecule has 1 fully saturated rings. The maximum absolute atomic E-state index is 13.0. The normalized spacial score (nSPS) is 19.7. The van der Waals surface area contributed by atoms with E-state index in [0.29, 0.717) is 23.6 Å². The number of carbonyl (C=O) groups is 2. The van der Waals surface area contributed by atoms with Crippen LogP contribution in [0.1, 0.15) is 48.4 Å². The summed E-state index contributed by atoms with van der Waals surface area (Å²) in [5.74, 6) is -0.104. The number of amides is 1. The Hall–Kier alpha value is -3.33. The van der Waals surface area contributed by atoms with Crippen LogP contribution < -0.4 is 20.1 Å².